The van der Waals surface area contributed by atoms with E-state index in [9.17, 15) is 19.5 Å². The predicted molar refractivity (Wildman–Crippen MR) is 97.0 cm³/mol. The van der Waals surface area contributed by atoms with E-state index in [0.717, 1.165) is 6.08 Å². The minimum atomic E-state index is -1.18. The molecule has 1 atom stereocenters. The second kappa shape index (κ2) is 9.44. The summed E-state index contributed by atoms with van der Waals surface area (Å²) in [5.41, 5.74) is 1.39. The lowest BCUT2D eigenvalue weighted by Gasteiger charge is -2.07. The second-order valence-corrected chi connectivity index (χ2v) is 5.66. The first-order valence-electron chi connectivity index (χ1n) is 8.23. The lowest BCUT2D eigenvalue weighted by molar-refractivity contribution is -0.125. The van der Waals surface area contributed by atoms with Crippen LogP contribution < -0.4 is 0 Å². The van der Waals surface area contributed by atoms with E-state index < -0.39 is 12.1 Å². The van der Waals surface area contributed by atoms with Gasteiger partial charge in [-0.05, 0) is 18.6 Å². The molecular weight excluding hydrogens is 332 g/mol. The van der Waals surface area contributed by atoms with Gasteiger partial charge in [0.25, 0.3) is 0 Å². The molecule has 26 heavy (non-hydrogen) atoms. The number of aliphatic hydroxyl groups excluding tert-OH is 1. The Kier molecular flexibility index (Phi) is 7.00. The Labute approximate surface area is 151 Å². The number of ketones is 2. The molecule has 134 valence electrons. The fourth-order valence-corrected chi connectivity index (χ4v) is 2.29. The van der Waals surface area contributed by atoms with Crippen molar-refractivity contribution in [2.45, 2.75) is 18.9 Å². The van der Waals surface area contributed by atoms with Crippen LogP contribution in [0.15, 0.2) is 67.3 Å². The van der Waals surface area contributed by atoms with E-state index in [-0.39, 0.29) is 24.6 Å². The van der Waals surface area contributed by atoms with Crippen molar-refractivity contribution < 1.29 is 24.2 Å². The Morgan fingerprint density at radius 1 is 0.962 bits per heavy atom. The van der Waals surface area contributed by atoms with Crippen molar-refractivity contribution in [3.63, 3.8) is 0 Å². The summed E-state index contributed by atoms with van der Waals surface area (Å²) >= 11 is 0. The first-order valence-corrected chi connectivity index (χ1v) is 8.23. The monoisotopic (exact) mass is 352 g/mol. The van der Waals surface area contributed by atoms with Gasteiger partial charge in [0.05, 0.1) is 12.2 Å². The van der Waals surface area contributed by atoms with Gasteiger partial charge in [-0.1, -0.05) is 48.5 Å². The van der Waals surface area contributed by atoms with E-state index in [1.807, 2.05) is 6.07 Å². The molecule has 5 heteroatoms. The normalized spacial score (nSPS) is 11.4. The molecule has 5 nitrogen and oxygen atoms in total. The highest BCUT2D eigenvalue weighted by molar-refractivity contribution is 6.09. The van der Waals surface area contributed by atoms with Gasteiger partial charge in [-0.2, -0.15) is 0 Å². The van der Waals surface area contributed by atoms with Crippen LogP contribution in [0.1, 0.15) is 39.1 Å². The number of rotatable bonds is 9. The molecule has 0 saturated carbocycles. The molecule has 0 heterocycles. The van der Waals surface area contributed by atoms with Gasteiger partial charge in [-0.3, -0.25) is 9.59 Å². The Hall–Kier alpha value is -3.05. The third-order valence-electron chi connectivity index (χ3n) is 3.77. The zero-order valence-electron chi connectivity index (χ0n) is 14.3. The van der Waals surface area contributed by atoms with Gasteiger partial charge in [0.1, 0.15) is 6.10 Å². The molecule has 0 amide bonds. The number of hydrogen-bond donors (Lipinski definition) is 1. The number of aliphatic hydroxyl groups is 1. The lowest BCUT2D eigenvalue weighted by atomic mass is 10.0. The van der Waals surface area contributed by atoms with Crippen LogP contribution in [0.5, 0.6) is 0 Å². The van der Waals surface area contributed by atoms with Gasteiger partial charge >= 0.3 is 5.97 Å². The van der Waals surface area contributed by atoms with Crippen LogP contribution in [0.2, 0.25) is 0 Å². The number of esters is 1. The molecule has 0 aliphatic heterocycles. The van der Waals surface area contributed by atoms with Crippen molar-refractivity contribution in [3.8, 4) is 0 Å². The molecule has 0 fully saturated rings. The van der Waals surface area contributed by atoms with Gasteiger partial charge in [0.15, 0.2) is 11.6 Å². The summed E-state index contributed by atoms with van der Waals surface area (Å²) in [7, 11) is 0. The molecule has 1 N–H and O–H groups in total. The Morgan fingerprint density at radius 3 is 2.15 bits per heavy atom. The minimum Gasteiger partial charge on any atom is -0.462 e. The standard InChI is InChI=1S/C21H20O5/c1-2-18(22)19(23)9-6-14-26-21(25)17-12-10-16(11-13-17)20(24)15-7-4-3-5-8-15/h2-5,7-8,10-13,18,22H,1,6,9,14H2. The van der Waals surface area contributed by atoms with Gasteiger partial charge in [-0.15, -0.1) is 6.58 Å². The van der Waals surface area contributed by atoms with Crippen molar-refractivity contribution >= 4 is 17.5 Å². The summed E-state index contributed by atoms with van der Waals surface area (Å²) < 4.78 is 5.09. The third kappa shape index (κ3) is 5.22. The smallest absolute Gasteiger partial charge is 0.338 e. The molecule has 2 aromatic carbocycles. The molecule has 0 aliphatic carbocycles. The maximum absolute atomic E-state index is 12.3. The molecule has 2 rings (SSSR count). The fraction of sp³-hybridized carbons (Fsp3) is 0.190. The van der Waals surface area contributed by atoms with Crippen molar-refractivity contribution in [1.29, 1.82) is 0 Å². The molecule has 0 radical (unpaired) electrons. The van der Waals surface area contributed by atoms with Crippen molar-refractivity contribution in [3.05, 3.63) is 83.9 Å². The highest BCUT2D eigenvalue weighted by Crippen LogP contribution is 2.12. The van der Waals surface area contributed by atoms with Gasteiger partial charge in [0, 0.05) is 17.5 Å². The van der Waals surface area contributed by atoms with E-state index in [0.29, 0.717) is 23.1 Å². The number of ether oxygens (including phenoxy) is 1. The number of benzene rings is 2. The highest BCUT2D eigenvalue weighted by atomic mass is 16.5. The highest BCUT2D eigenvalue weighted by Gasteiger charge is 2.13. The zero-order chi connectivity index (χ0) is 18.9. The van der Waals surface area contributed by atoms with Crippen LogP contribution in [-0.4, -0.2) is 35.4 Å². The lowest BCUT2D eigenvalue weighted by Crippen LogP contribution is -2.18. The summed E-state index contributed by atoms with van der Waals surface area (Å²) in [6, 6.07) is 15.1. The number of hydrogen-bond acceptors (Lipinski definition) is 5. The average molecular weight is 352 g/mol. The maximum atomic E-state index is 12.3. The molecule has 2 aromatic rings. The fourth-order valence-electron chi connectivity index (χ4n) is 2.29. The van der Waals surface area contributed by atoms with Crippen LogP contribution in [0.4, 0.5) is 0 Å². The molecule has 0 aromatic heterocycles. The van der Waals surface area contributed by atoms with Crippen molar-refractivity contribution in [2.75, 3.05) is 6.61 Å². The number of carbonyl (C=O) groups is 3. The van der Waals surface area contributed by atoms with E-state index in [1.54, 1.807) is 36.4 Å². The Bertz CT molecular complexity index is 778. The SMILES string of the molecule is C=CC(O)C(=O)CCCOC(=O)c1ccc(C(=O)c2ccccc2)cc1. The summed E-state index contributed by atoms with van der Waals surface area (Å²) in [6.07, 6.45) is 0.401. The van der Waals surface area contributed by atoms with Gasteiger partial charge in [0.2, 0.25) is 0 Å². The molecule has 0 aliphatic rings. The minimum absolute atomic E-state index is 0.0686. The zero-order valence-corrected chi connectivity index (χ0v) is 14.3. The summed E-state index contributed by atoms with van der Waals surface area (Å²) in [5, 5.41) is 9.26. The second-order valence-electron chi connectivity index (χ2n) is 5.66. The molecule has 0 bridgehead atoms. The van der Waals surface area contributed by atoms with Crippen LogP contribution >= 0.6 is 0 Å². The van der Waals surface area contributed by atoms with E-state index in [1.165, 1.54) is 12.1 Å². The van der Waals surface area contributed by atoms with E-state index >= 15 is 0 Å². The summed E-state index contributed by atoms with van der Waals surface area (Å²) in [6.45, 7) is 3.40. The molecule has 0 saturated heterocycles. The largest absolute Gasteiger partial charge is 0.462 e. The van der Waals surface area contributed by atoms with E-state index in [4.69, 9.17) is 4.74 Å². The molecular formula is C21H20O5. The van der Waals surface area contributed by atoms with Crippen molar-refractivity contribution in [2.24, 2.45) is 0 Å². The number of carbonyl (C=O) groups excluding carboxylic acids is 3. The van der Waals surface area contributed by atoms with Crippen LogP contribution in [-0.2, 0) is 9.53 Å². The summed E-state index contributed by atoms with van der Waals surface area (Å²) in [5.74, 6) is -1.01. The first kappa shape index (κ1) is 19.3. The van der Waals surface area contributed by atoms with Crippen LogP contribution in [0, 0.1) is 0 Å². The topological polar surface area (TPSA) is 80.7 Å². The predicted octanol–water partition coefficient (Wildman–Crippen LogP) is 2.97. The average Bonchev–Trinajstić information content (AvgIpc) is 2.70. The Morgan fingerprint density at radius 2 is 1.54 bits per heavy atom. The Balaban J connectivity index is 1.86. The van der Waals surface area contributed by atoms with Crippen LogP contribution in [0.3, 0.4) is 0 Å². The van der Waals surface area contributed by atoms with Gasteiger partial charge < -0.3 is 9.84 Å². The van der Waals surface area contributed by atoms with E-state index in [2.05, 4.69) is 6.58 Å². The number of Topliss-reactive ketones (excluding diaryl/α,β-unsaturated/α-hetero) is 1. The quantitative estimate of drug-likeness (QED) is 0.325. The molecule has 0 spiro atoms. The van der Waals surface area contributed by atoms with Gasteiger partial charge in [-0.25, -0.2) is 4.79 Å². The first-order chi connectivity index (χ1) is 12.5. The maximum Gasteiger partial charge on any atom is 0.338 e. The summed E-state index contributed by atoms with van der Waals surface area (Å²) in [4.78, 5) is 35.7. The van der Waals surface area contributed by atoms with Crippen molar-refractivity contribution in [1.82, 2.24) is 0 Å². The molecule has 1 unspecified atom stereocenters. The third-order valence-corrected chi connectivity index (χ3v) is 3.77. The van der Waals surface area contributed by atoms with Crippen LogP contribution in [0.25, 0.3) is 0 Å².